The number of nitrogens with zero attached hydrogens (tertiary/aromatic N) is 3. The van der Waals surface area contributed by atoms with E-state index in [9.17, 15) is 8.42 Å². The van der Waals surface area contributed by atoms with Crippen molar-refractivity contribution in [1.82, 2.24) is 9.29 Å². The molecule has 1 fully saturated rings. The van der Waals surface area contributed by atoms with Gasteiger partial charge in [-0.05, 0) is 31.9 Å². The zero-order valence-electron chi connectivity index (χ0n) is 13.7. The summed E-state index contributed by atoms with van der Waals surface area (Å²) in [6.45, 7) is 4.40. The lowest BCUT2D eigenvalue weighted by molar-refractivity contribution is 0.310. The highest BCUT2D eigenvalue weighted by atomic mass is 32.2. The number of nitriles is 1. The van der Waals surface area contributed by atoms with E-state index in [0.29, 0.717) is 37.6 Å². The highest BCUT2D eigenvalue weighted by Crippen LogP contribution is 2.27. The molecule has 1 aliphatic rings. The molecule has 7 heteroatoms. The molecule has 0 unspecified atom stereocenters. The largest absolute Gasteiger partial charge is 0.446 e. The molecule has 0 saturated carbocycles. The standard InChI is InChI=1S/C17H19N3O3S/c1-12-17(19-13(2)23-12)15-3-5-16(6-4-15)24(21,22)20-9-7-14(11-18)8-10-20/h3-6,14H,7-10H2,1-2H3. The molecule has 2 heterocycles. The first-order valence-corrected chi connectivity index (χ1v) is 9.30. The molecule has 2 aromatic rings. The number of piperidine rings is 1. The Balaban J connectivity index is 1.83. The van der Waals surface area contributed by atoms with Gasteiger partial charge in [-0.15, -0.1) is 0 Å². The molecule has 0 bridgehead atoms. The van der Waals surface area contributed by atoms with E-state index in [-0.39, 0.29) is 10.8 Å². The second kappa shape index (κ2) is 6.38. The van der Waals surface area contributed by atoms with Crippen LogP contribution in [0.5, 0.6) is 0 Å². The van der Waals surface area contributed by atoms with E-state index in [2.05, 4.69) is 11.1 Å². The molecule has 3 rings (SSSR count). The molecule has 0 aliphatic carbocycles. The first kappa shape index (κ1) is 16.7. The molecule has 1 aliphatic heterocycles. The molecule has 0 amide bonds. The fourth-order valence-electron chi connectivity index (χ4n) is 2.96. The van der Waals surface area contributed by atoms with E-state index >= 15 is 0 Å². The third kappa shape index (κ3) is 3.07. The SMILES string of the molecule is Cc1nc(-c2ccc(S(=O)(=O)N3CCC(C#N)CC3)cc2)c(C)o1. The predicted octanol–water partition coefficient (Wildman–Crippen LogP) is 2.88. The van der Waals surface area contributed by atoms with Gasteiger partial charge in [-0.1, -0.05) is 12.1 Å². The molecule has 1 aromatic carbocycles. The van der Waals surface area contributed by atoms with Gasteiger partial charge in [0.2, 0.25) is 10.0 Å². The Morgan fingerprint density at radius 2 is 1.83 bits per heavy atom. The van der Waals surface area contributed by atoms with Crippen molar-refractivity contribution >= 4 is 10.0 Å². The summed E-state index contributed by atoms with van der Waals surface area (Å²) in [7, 11) is -3.52. The summed E-state index contributed by atoms with van der Waals surface area (Å²) < 4.78 is 32.3. The van der Waals surface area contributed by atoms with Crippen molar-refractivity contribution in [2.45, 2.75) is 31.6 Å². The zero-order valence-corrected chi connectivity index (χ0v) is 14.5. The summed E-state index contributed by atoms with van der Waals surface area (Å²) in [6.07, 6.45) is 1.18. The van der Waals surface area contributed by atoms with E-state index in [0.717, 1.165) is 11.3 Å². The maximum Gasteiger partial charge on any atom is 0.243 e. The van der Waals surface area contributed by atoms with Gasteiger partial charge in [-0.25, -0.2) is 13.4 Å². The number of hydrogen-bond donors (Lipinski definition) is 0. The van der Waals surface area contributed by atoms with E-state index in [1.165, 1.54) is 4.31 Å². The summed E-state index contributed by atoms with van der Waals surface area (Å²) in [6, 6.07) is 8.91. The van der Waals surface area contributed by atoms with Crippen LogP contribution < -0.4 is 0 Å². The normalized spacial score (nSPS) is 16.9. The van der Waals surface area contributed by atoms with Crippen LogP contribution in [0.1, 0.15) is 24.5 Å². The number of aryl methyl sites for hydroxylation is 2. The smallest absolute Gasteiger partial charge is 0.243 e. The minimum Gasteiger partial charge on any atom is -0.446 e. The number of aromatic nitrogens is 1. The highest BCUT2D eigenvalue weighted by molar-refractivity contribution is 7.89. The highest BCUT2D eigenvalue weighted by Gasteiger charge is 2.29. The summed E-state index contributed by atoms with van der Waals surface area (Å²) in [5, 5.41) is 8.93. The Hall–Kier alpha value is -2.17. The number of hydrogen-bond acceptors (Lipinski definition) is 5. The Kier molecular flexibility index (Phi) is 4.43. The first-order chi connectivity index (χ1) is 11.4. The first-order valence-electron chi connectivity index (χ1n) is 7.86. The Labute approximate surface area is 141 Å². The van der Waals surface area contributed by atoms with Crippen molar-refractivity contribution < 1.29 is 12.8 Å². The second-order valence-electron chi connectivity index (χ2n) is 5.97. The summed E-state index contributed by atoms with van der Waals surface area (Å²) >= 11 is 0. The van der Waals surface area contributed by atoms with Gasteiger partial charge in [0.25, 0.3) is 0 Å². The average Bonchev–Trinajstić information content (AvgIpc) is 2.93. The molecule has 24 heavy (non-hydrogen) atoms. The number of benzene rings is 1. The van der Waals surface area contributed by atoms with Crippen LogP contribution in [0.4, 0.5) is 0 Å². The van der Waals surface area contributed by atoms with Crippen LogP contribution in [-0.4, -0.2) is 30.8 Å². The molecule has 0 atom stereocenters. The monoisotopic (exact) mass is 345 g/mol. The van der Waals surface area contributed by atoms with Gasteiger partial charge in [-0.3, -0.25) is 0 Å². The molecule has 1 saturated heterocycles. The van der Waals surface area contributed by atoms with Crippen molar-refractivity contribution in [1.29, 1.82) is 5.26 Å². The van der Waals surface area contributed by atoms with Crippen molar-refractivity contribution in [3.05, 3.63) is 35.9 Å². The molecule has 1 aromatic heterocycles. The quantitative estimate of drug-likeness (QED) is 0.853. The Morgan fingerprint density at radius 1 is 1.21 bits per heavy atom. The van der Waals surface area contributed by atoms with E-state index in [1.54, 1.807) is 31.2 Å². The molecule has 6 nitrogen and oxygen atoms in total. The van der Waals surface area contributed by atoms with Crippen LogP contribution in [0, 0.1) is 31.1 Å². The van der Waals surface area contributed by atoms with E-state index in [1.807, 2.05) is 6.92 Å². The molecule has 0 N–H and O–H groups in total. The number of rotatable bonds is 3. The average molecular weight is 345 g/mol. The fourth-order valence-corrected chi connectivity index (χ4v) is 4.43. The van der Waals surface area contributed by atoms with Gasteiger partial charge >= 0.3 is 0 Å². The van der Waals surface area contributed by atoms with Gasteiger partial charge in [0.1, 0.15) is 11.5 Å². The zero-order chi connectivity index (χ0) is 17.3. The predicted molar refractivity (Wildman–Crippen MR) is 88.5 cm³/mol. The molecular weight excluding hydrogens is 326 g/mol. The Morgan fingerprint density at radius 3 is 2.33 bits per heavy atom. The van der Waals surface area contributed by atoms with Crippen LogP contribution in [-0.2, 0) is 10.0 Å². The van der Waals surface area contributed by atoms with Gasteiger partial charge in [-0.2, -0.15) is 9.57 Å². The molecule has 0 spiro atoms. The molecule has 126 valence electrons. The lowest BCUT2D eigenvalue weighted by Crippen LogP contribution is -2.38. The van der Waals surface area contributed by atoms with E-state index in [4.69, 9.17) is 9.68 Å². The number of oxazole rings is 1. The number of sulfonamides is 1. The maximum absolute atomic E-state index is 12.7. The summed E-state index contributed by atoms with van der Waals surface area (Å²) in [5.74, 6) is 1.25. The van der Waals surface area contributed by atoms with Crippen LogP contribution in [0.15, 0.2) is 33.6 Å². The third-order valence-electron chi connectivity index (χ3n) is 4.31. The van der Waals surface area contributed by atoms with Crippen molar-refractivity contribution in [2.75, 3.05) is 13.1 Å². The van der Waals surface area contributed by atoms with Crippen LogP contribution in [0.3, 0.4) is 0 Å². The second-order valence-corrected chi connectivity index (χ2v) is 7.91. The minimum absolute atomic E-state index is 0.0443. The van der Waals surface area contributed by atoms with E-state index < -0.39 is 10.0 Å². The van der Waals surface area contributed by atoms with Crippen molar-refractivity contribution in [3.63, 3.8) is 0 Å². The van der Waals surface area contributed by atoms with Crippen LogP contribution >= 0.6 is 0 Å². The molecular formula is C17H19N3O3S. The Bertz CT molecular complexity index is 871. The van der Waals surface area contributed by atoms with Gasteiger partial charge in [0.15, 0.2) is 5.89 Å². The lowest BCUT2D eigenvalue weighted by Gasteiger charge is -2.28. The minimum atomic E-state index is -3.52. The lowest BCUT2D eigenvalue weighted by atomic mass is 10.0. The van der Waals surface area contributed by atoms with Gasteiger partial charge in [0, 0.05) is 31.5 Å². The van der Waals surface area contributed by atoms with Crippen molar-refractivity contribution in [3.8, 4) is 17.3 Å². The summed E-state index contributed by atoms with van der Waals surface area (Å²) in [4.78, 5) is 4.59. The topological polar surface area (TPSA) is 87.2 Å². The van der Waals surface area contributed by atoms with Crippen LogP contribution in [0.2, 0.25) is 0 Å². The third-order valence-corrected chi connectivity index (χ3v) is 6.22. The van der Waals surface area contributed by atoms with Gasteiger partial charge in [0.05, 0.1) is 11.0 Å². The fraction of sp³-hybridized carbons (Fsp3) is 0.412. The maximum atomic E-state index is 12.7. The van der Waals surface area contributed by atoms with Crippen LogP contribution in [0.25, 0.3) is 11.3 Å². The van der Waals surface area contributed by atoms with Crippen molar-refractivity contribution in [2.24, 2.45) is 5.92 Å². The van der Waals surface area contributed by atoms with Gasteiger partial charge < -0.3 is 4.42 Å². The summed E-state index contributed by atoms with van der Waals surface area (Å²) in [5.41, 5.74) is 1.55. The molecule has 0 radical (unpaired) electrons.